The molecule has 1 saturated heterocycles. The minimum atomic E-state index is -3.52. The van der Waals surface area contributed by atoms with E-state index < -0.39 is 10.0 Å². The molecule has 0 saturated carbocycles. The summed E-state index contributed by atoms with van der Waals surface area (Å²) in [5, 5.41) is 10.1. The van der Waals surface area contributed by atoms with E-state index in [4.69, 9.17) is 10.00 Å². The number of carbonyl (C=O) groups excluding carboxylic acids is 1. The largest absolute Gasteiger partial charge is 0.461 e. The van der Waals surface area contributed by atoms with E-state index in [0.717, 1.165) is 11.1 Å². The van der Waals surface area contributed by atoms with Crippen LogP contribution in [0.2, 0.25) is 0 Å². The van der Waals surface area contributed by atoms with Crippen molar-refractivity contribution in [2.24, 2.45) is 5.92 Å². The first kappa shape index (κ1) is 20.8. The lowest BCUT2D eigenvalue weighted by molar-refractivity contribution is -0.151. The quantitative estimate of drug-likeness (QED) is 0.682. The van der Waals surface area contributed by atoms with Crippen LogP contribution in [0.15, 0.2) is 60.0 Å². The third kappa shape index (κ3) is 5.76. The highest BCUT2D eigenvalue weighted by Crippen LogP contribution is 2.22. The number of rotatable bonds is 6. The molecule has 2 aromatic rings. The Morgan fingerprint density at radius 1 is 1.14 bits per heavy atom. The molecule has 0 N–H and O–H groups in total. The second-order valence-corrected chi connectivity index (χ2v) is 8.67. The zero-order chi connectivity index (χ0) is 20.7. The Labute approximate surface area is 171 Å². The molecule has 2 aromatic carbocycles. The van der Waals surface area contributed by atoms with E-state index in [0.29, 0.717) is 18.4 Å². The Morgan fingerprint density at radius 3 is 2.55 bits per heavy atom. The third-order valence-electron chi connectivity index (χ3n) is 4.82. The van der Waals surface area contributed by atoms with Crippen LogP contribution in [0.3, 0.4) is 0 Å². The van der Waals surface area contributed by atoms with E-state index in [1.54, 1.807) is 30.3 Å². The lowest BCUT2D eigenvalue weighted by Gasteiger charge is -2.29. The Morgan fingerprint density at radius 2 is 1.86 bits per heavy atom. The molecule has 0 bridgehead atoms. The van der Waals surface area contributed by atoms with Gasteiger partial charge < -0.3 is 4.74 Å². The van der Waals surface area contributed by atoms with E-state index in [1.165, 1.54) is 9.71 Å². The average Bonchev–Trinajstić information content (AvgIpc) is 2.77. The first-order valence-electron chi connectivity index (χ1n) is 9.37. The van der Waals surface area contributed by atoms with Crippen molar-refractivity contribution in [2.75, 3.05) is 13.1 Å². The molecule has 0 amide bonds. The zero-order valence-corrected chi connectivity index (χ0v) is 16.7. The number of nitriles is 1. The third-order valence-corrected chi connectivity index (χ3v) is 6.38. The predicted octanol–water partition coefficient (Wildman–Crippen LogP) is 3.31. The minimum absolute atomic E-state index is 0.104. The van der Waals surface area contributed by atoms with Gasteiger partial charge in [0.1, 0.15) is 6.61 Å². The molecule has 1 aliphatic rings. The summed E-state index contributed by atoms with van der Waals surface area (Å²) in [4.78, 5) is 12.3. The van der Waals surface area contributed by atoms with Gasteiger partial charge in [-0.2, -0.15) is 9.57 Å². The van der Waals surface area contributed by atoms with Crippen molar-refractivity contribution in [1.82, 2.24) is 4.31 Å². The average molecular weight is 410 g/mol. The topological polar surface area (TPSA) is 87.5 Å². The van der Waals surface area contributed by atoms with Gasteiger partial charge in [0.25, 0.3) is 0 Å². The van der Waals surface area contributed by atoms with Gasteiger partial charge in [0.2, 0.25) is 10.0 Å². The first-order chi connectivity index (χ1) is 14.0. The molecular weight excluding hydrogens is 388 g/mol. The van der Waals surface area contributed by atoms with Crippen LogP contribution in [0.5, 0.6) is 0 Å². The number of esters is 1. The molecule has 0 atom stereocenters. The van der Waals surface area contributed by atoms with Crippen LogP contribution in [-0.4, -0.2) is 31.8 Å². The Balaban J connectivity index is 1.51. The maximum absolute atomic E-state index is 12.5. The summed E-state index contributed by atoms with van der Waals surface area (Å²) in [6.07, 6.45) is 2.43. The summed E-state index contributed by atoms with van der Waals surface area (Å²) in [6.45, 7) is 0.670. The van der Waals surface area contributed by atoms with E-state index in [2.05, 4.69) is 0 Å². The Hall–Kier alpha value is -2.95. The lowest BCUT2D eigenvalue weighted by atomic mass is 9.98. The van der Waals surface area contributed by atoms with Crippen LogP contribution in [-0.2, 0) is 26.2 Å². The van der Waals surface area contributed by atoms with Gasteiger partial charge in [0, 0.05) is 18.5 Å². The Kier molecular flexibility index (Phi) is 6.81. The molecular formula is C22H22N2O4S. The molecule has 0 aromatic heterocycles. The van der Waals surface area contributed by atoms with Gasteiger partial charge in [-0.3, -0.25) is 4.79 Å². The molecule has 1 aliphatic heterocycles. The molecule has 0 aliphatic carbocycles. The highest BCUT2D eigenvalue weighted by Gasteiger charge is 2.30. The van der Waals surface area contributed by atoms with Crippen LogP contribution in [0.25, 0.3) is 6.08 Å². The van der Waals surface area contributed by atoms with Gasteiger partial charge in [-0.05, 0) is 42.2 Å². The van der Waals surface area contributed by atoms with Crippen molar-refractivity contribution in [1.29, 1.82) is 5.26 Å². The first-order valence-corrected chi connectivity index (χ1v) is 10.9. The molecule has 6 nitrogen and oxygen atoms in total. The Bertz CT molecular complexity index is 1020. The summed E-state index contributed by atoms with van der Waals surface area (Å²) in [6, 6.07) is 18.2. The lowest BCUT2D eigenvalue weighted by Crippen LogP contribution is -2.39. The SMILES string of the molecule is N#Cc1cccc(COC(=O)C2CCN(S(=O)(=O)/C=C/c3ccccc3)CC2)c1. The summed E-state index contributed by atoms with van der Waals surface area (Å²) < 4.78 is 31.8. The molecule has 1 heterocycles. The summed E-state index contributed by atoms with van der Waals surface area (Å²) >= 11 is 0. The molecule has 0 spiro atoms. The normalized spacial score (nSPS) is 15.8. The fourth-order valence-corrected chi connectivity index (χ4v) is 4.38. The van der Waals surface area contributed by atoms with E-state index in [1.807, 2.05) is 36.4 Å². The van der Waals surface area contributed by atoms with Gasteiger partial charge in [-0.1, -0.05) is 42.5 Å². The van der Waals surface area contributed by atoms with Crippen molar-refractivity contribution in [3.8, 4) is 6.07 Å². The number of piperidine rings is 1. The fraction of sp³-hybridized carbons (Fsp3) is 0.273. The van der Waals surface area contributed by atoms with Crippen LogP contribution in [0.4, 0.5) is 0 Å². The van der Waals surface area contributed by atoms with Gasteiger partial charge >= 0.3 is 5.97 Å². The highest BCUT2D eigenvalue weighted by molar-refractivity contribution is 7.92. The van der Waals surface area contributed by atoms with E-state index in [9.17, 15) is 13.2 Å². The van der Waals surface area contributed by atoms with Crippen molar-refractivity contribution in [2.45, 2.75) is 19.4 Å². The van der Waals surface area contributed by atoms with Crippen molar-refractivity contribution in [3.63, 3.8) is 0 Å². The van der Waals surface area contributed by atoms with E-state index in [-0.39, 0.29) is 31.6 Å². The van der Waals surface area contributed by atoms with Crippen LogP contribution in [0.1, 0.15) is 29.5 Å². The predicted molar refractivity (Wildman–Crippen MR) is 110 cm³/mol. The molecule has 29 heavy (non-hydrogen) atoms. The summed E-state index contributed by atoms with van der Waals surface area (Å²) in [5.74, 6) is -0.650. The molecule has 0 radical (unpaired) electrons. The summed E-state index contributed by atoms with van der Waals surface area (Å²) in [7, 11) is -3.52. The second-order valence-electron chi connectivity index (χ2n) is 6.85. The van der Waals surface area contributed by atoms with Crippen LogP contribution < -0.4 is 0 Å². The van der Waals surface area contributed by atoms with Gasteiger partial charge in [0.05, 0.1) is 17.6 Å². The molecule has 150 valence electrons. The zero-order valence-electron chi connectivity index (χ0n) is 15.9. The number of carbonyl (C=O) groups is 1. The molecule has 7 heteroatoms. The van der Waals surface area contributed by atoms with E-state index >= 15 is 0 Å². The van der Waals surface area contributed by atoms with Gasteiger partial charge in [-0.25, -0.2) is 8.42 Å². The maximum Gasteiger partial charge on any atom is 0.309 e. The standard InChI is InChI=1S/C22H22N2O4S/c23-16-19-7-4-8-20(15-19)17-28-22(25)21-9-12-24(13-10-21)29(26,27)14-11-18-5-2-1-3-6-18/h1-8,11,14-15,21H,9-10,12-13,17H2/b14-11+. The second kappa shape index (κ2) is 9.50. The number of hydrogen-bond acceptors (Lipinski definition) is 5. The number of hydrogen-bond donors (Lipinski definition) is 0. The fourth-order valence-electron chi connectivity index (χ4n) is 3.16. The number of nitrogens with zero attached hydrogens (tertiary/aromatic N) is 2. The molecule has 3 rings (SSSR count). The molecule has 1 fully saturated rings. The highest BCUT2D eigenvalue weighted by atomic mass is 32.2. The number of benzene rings is 2. The van der Waals surface area contributed by atoms with Crippen molar-refractivity contribution < 1.29 is 17.9 Å². The number of sulfonamides is 1. The monoisotopic (exact) mass is 410 g/mol. The molecule has 0 unspecified atom stereocenters. The summed E-state index contributed by atoms with van der Waals surface area (Å²) in [5.41, 5.74) is 2.08. The van der Waals surface area contributed by atoms with Crippen molar-refractivity contribution in [3.05, 3.63) is 76.7 Å². The van der Waals surface area contributed by atoms with Gasteiger partial charge in [-0.15, -0.1) is 0 Å². The smallest absolute Gasteiger partial charge is 0.309 e. The van der Waals surface area contributed by atoms with Crippen LogP contribution >= 0.6 is 0 Å². The van der Waals surface area contributed by atoms with Gasteiger partial charge in [0.15, 0.2) is 0 Å². The van der Waals surface area contributed by atoms with Crippen molar-refractivity contribution >= 4 is 22.1 Å². The van der Waals surface area contributed by atoms with Crippen LogP contribution in [0, 0.1) is 17.2 Å². The minimum Gasteiger partial charge on any atom is -0.461 e. The number of ether oxygens (including phenoxy) is 1. The maximum atomic E-state index is 12.5.